The SMILES string of the molecule is Cc1nn(C)c(Cl)c1CN1CCOC(C#N)C1. The van der Waals surface area contributed by atoms with Crippen LogP contribution in [0.25, 0.3) is 0 Å². The van der Waals surface area contributed by atoms with Gasteiger partial charge in [0.05, 0.1) is 18.4 Å². The van der Waals surface area contributed by atoms with E-state index in [0.29, 0.717) is 18.3 Å². The van der Waals surface area contributed by atoms with E-state index in [4.69, 9.17) is 21.6 Å². The fraction of sp³-hybridized carbons (Fsp3) is 0.636. The molecular formula is C11H15ClN4O. The van der Waals surface area contributed by atoms with Crippen LogP contribution >= 0.6 is 11.6 Å². The predicted octanol–water partition coefficient (Wildman–Crippen LogP) is 1.11. The van der Waals surface area contributed by atoms with E-state index < -0.39 is 0 Å². The molecule has 2 rings (SSSR count). The van der Waals surface area contributed by atoms with Crippen molar-refractivity contribution < 1.29 is 4.74 Å². The summed E-state index contributed by atoms with van der Waals surface area (Å²) in [5.74, 6) is 0. The van der Waals surface area contributed by atoms with Gasteiger partial charge in [-0.1, -0.05) is 11.6 Å². The van der Waals surface area contributed by atoms with Gasteiger partial charge in [0.2, 0.25) is 0 Å². The van der Waals surface area contributed by atoms with Crippen molar-refractivity contribution >= 4 is 11.6 Å². The number of aromatic nitrogens is 2. The highest BCUT2D eigenvalue weighted by Crippen LogP contribution is 2.21. The van der Waals surface area contributed by atoms with Gasteiger partial charge in [-0.15, -0.1) is 0 Å². The summed E-state index contributed by atoms with van der Waals surface area (Å²) < 4.78 is 6.98. The maximum absolute atomic E-state index is 8.84. The monoisotopic (exact) mass is 254 g/mol. The smallest absolute Gasteiger partial charge is 0.156 e. The van der Waals surface area contributed by atoms with Crippen molar-refractivity contribution in [3.8, 4) is 6.07 Å². The number of nitrogens with zero attached hydrogens (tertiary/aromatic N) is 4. The molecule has 0 aliphatic carbocycles. The van der Waals surface area contributed by atoms with Crippen LogP contribution < -0.4 is 0 Å². The molecule has 5 nitrogen and oxygen atoms in total. The van der Waals surface area contributed by atoms with Crippen LogP contribution in [-0.4, -0.2) is 40.5 Å². The first-order valence-corrected chi connectivity index (χ1v) is 5.91. The summed E-state index contributed by atoms with van der Waals surface area (Å²) in [7, 11) is 1.83. The third-order valence-corrected chi connectivity index (χ3v) is 3.42. The molecule has 0 N–H and O–H groups in total. The van der Waals surface area contributed by atoms with Gasteiger partial charge in [-0.2, -0.15) is 10.4 Å². The lowest BCUT2D eigenvalue weighted by Gasteiger charge is -2.29. The summed E-state index contributed by atoms with van der Waals surface area (Å²) in [5, 5.41) is 13.8. The zero-order valence-corrected chi connectivity index (χ0v) is 10.7. The molecule has 1 aromatic rings. The Hall–Kier alpha value is -1.09. The van der Waals surface area contributed by atoms with E-state index >= 15 is 0 Å². The number of hydrogen-bond acceptors (Lipinski definition) is 4. The van der Waals surface area contributed by atoms with Gasteiger partial charge in [0.1, 0.15) is 5.15 Å². The number of ether oxygens (including phenoxy) is 1. The molecule has 92 valence electrons. The van der Waals surface area contributed by atoms with Crippen LogP contribution in [0.1, 0.15) is 11.3 Å². The molecule has 0 radical (unpaired) electrons. The van der Waals surface area contributed by atoms with Crippen molar-refractivity contribution in [2.75, 3.05) is 19.7 Å². The second-order valence-electron chi connectivity index (χ2n) is 4.20. The molecule has 0 amide bonds. The molecule has 1 aromatic heterocycles. The predicted molar refractivity (Wildman–Crippen MR) is 63.6 cm³/mol. The van der Waals surface area contributed by atoms with E-state index in [9.17, 15) is 0 Å². The maximum atomic E-state index is 8.84. The molecule has 17 heavy (non-hydrogen) atoms. The molecule has 0 spiro atoms. The summed E-state index contributed by atoms with van der Waals surface area (Å²) in [6.07, 6.45) is -0.334. The Kier molecular flexibility index (Phi) is 3.67. The molecule has 1 aliphatic heterocycles. The fourth-order valence-corrected chi connectivity index (χ4v) is 2.24. The Morgan fingerprint density at radius 2 is 2.41 bits per heavy atom. The largest absolute Gasteiger partial charge is 0.361 e. The second-order valence-corrected chi connectivity index (χ2v) is 4.56. The van der Waals surface area contributed by atoms with Crippen molar-refractivity contribution in [3.05, 3.63) is 16.4 Å². The highest BCUT2D eigenvalue weighted by molar-refractivity contribution is 6.30. The normalized spacial score (nSPS) is 21.4. The van der Waals surface area contributed by atoms with E-state index in [1.54, 1.807) is 4.68 Å². The number of hydrogen-bond donors (Lipinski definition) is 0. The van der Waals surface area contributed by atoms with Gasteiger partial charge in [0.25, 0.3) is 0 Å². The van der Waals surface area contributed by atoms with Crippen molar-refractivity contribution in [3.63, 3.8) is 0 Å². The molecule has 1 aliphatic rings. The van der Waals surface area contributed by atoms with E-state index in [0.717, 1.165) is 24.3 Å². The zero-order chi connectivity index (χ0) is 12.4. The van der Waals surface area contributed by atoms with E-state index in [1.165, 1.54) is 0 Å². The van der Waals surface area contributed by atoms with Crippen molar-refractivity contribution in [2.45, 2.75) is 19.6 Å². The Labute approximate surface area is 106 Å². The molecule has 0 bridgehead atoms. The summed E-state index contributed by atoms with van der Waals surface area (Å²) in [4.78, 5) is 2.17. The Balaban J connectivity index is 2.08. The van der Waals surface area contributed by atoms with Gasteiger partial charge >= 0.3 is 0 Å². The fourth-order valence-electron chi connectivity index (χ4n) is 2.00. The number of halogens is 1. The Bertz CT molecular complexity index is 451. The minimum absolute atomic E-state index is 0.334. The van der Waals surface area contributed by atoms with Crippen molar-refractivity contribution in [1.29, 1.82) is 5.26 Å². The van der Waals surface area contributed by atoms with Crippen molar-refractivity contribution in [1.82, 2.24) is 14.7 Å². The van der Waals surface area contributed by atoms with Gasteiger partial charge in [-0.25, -0.2) is 0 Å². The van der Waals surface area contributed by atoms with Crippen LogP contribution in [0.15, 0.2) is 0 Å². The first-order valence-electron chi connectivity index (χ1n) is 5.53. The summed E-state index contributed by atoms with van der Waals surface area (Å²) in [5.41, 5.74) is 1.98. The lowest BCUT2D eigenvalue weighted by atomic mass is 10.2. The van der Waals surface area contributed by atoms with E-state index in [-0.39, 0.29) is 6.10 Å². The van der Waals surface area contributed by atoms with Gasteiger partial charge in [-0.3, -0.25) is 9.58 Å². The third-order valence-electron chi connectivity index (χ3n) is 2.95. The lowest BCUT2D eigenvalue weighted by molar-refractivity contribution is -0.00275. The van der Waals surface area contributed by atoms with Gasteiger partial charge in [0, 0.05) is 32.2 Å². The maximum Gasteiger partial charge on any atom is 0.156 e. The number of nitriles is 1. The summed E-state index contributed by atoms with van der Waals surface area (Å²) in [6, 6.07) is 2.14. The molecule has 1 atom stereocenters. The zero-order valence-electron chi connectivity index (χ0n) is 9.98. The average Bonchev–Trinajstić information content (AvgIpc) is 2.56. The first-order chi connectivity index (χ1) is 8.11. The van der Waals surface area contributed by atoms with Crippen LogP contribution in [0.3, 0.4) is 0 Å². The quantitative estimate of drug-likeness (QED) is 0.793. The minimum atomic E-state index is -0.334. The molecule has 1 saturated heterocycles. The van der Waals surface area contributed by atoms with Crippen LogP contribution in [0.4, 0.5) is 0 Å². The summed E-state index contributed by atoms with van der Waals surface area (Å²) >= 11 is 6.18. The van der Waals surface area contributed by atoms with Gasteiger partial charge < -0.3 is 4.74 Å². The van der Waals surface area contributed by atoms with Crippen LogP contribution in [0.5, 0.6) is 0 Å². The molecule has 6 heteroatoms. The van der Waals surface area contributed by atoms with E-state index in [2.05, 4.69) is 16.1 Å². The molecule has 2 heterocycles. The van der Waals surface area contributed by atoms with Crippen molar-refractivity contribution in [2.24, 2.45) is 7.05 Å². The van der Waals surface area contributed by atoms with Crippen LogP contribution in [0, 0.1) is 18.3 Å². The first kappa shape index (κ1) is 12.4. The van der Waals surface area contributed by atoms with E-state index in [1.807, 2.05) is 14.0 Å². The number of morpholine rings is 1. The number of rotatable bonds is 2. The highest BCUT2D eigenvalue weighted by atomic mass is 35.5. The highest BCUT2D eigenvalue weighted by Gasteiger charge is 2.22. The molecule has 1 unspecified atom stereocenters. The minimum Gasteiger partial charge on any atom is -0.361 e. The third kappa shape index (κ3) is 2.60. The lowest BCUT2D eigenvalue weighted by Crippen LogP contribution is -2.41. The van der Waals surface area contributed by atoms with Gasteiger partial charge in [0.15, 0.2) is 6.10 Å². The topological polar surface area (TPSA) is 54.1 Å². The Morgan fingerprint density at radius 1 is 1.65 bits per heavy atom. The van der Waals surface area contributed by atoms with Crippen LogP contribution in [-0.2, 0) is 18.3 Å². The molecular weight excluding hydrogens is 240 g/mol. The number of aryl methyl sites for hydroxylation is 2. The summed E-state index contributed by atoms with van der Waals surface area (Å²) in [6.45, 7) is 4.71. The van der Waals surface area contributed by atoms with Gasteiger partial charge in [-0.05, 0) is 6.92 Å². The molecule has 0 saturated carbocycles. The molecule has 1 fully saturated rings. The Morgan fingerprint density at radius 3 is 3.00 bits per heavy atom. The average molecular weight is 255 g/mol. The molecule has 0 aromatic carbocycles. The van der Waals surface area contributed by atoms with Crippen LogP contribution in [0.2, 0.25) is 5.15 Å². The standard InChI is InChI=1S/C11H15ClN4O/c1-8-10(11(12)15(2)14-8)7-16-3-4-17-9(5-13)6-16/h9H,3-4,6-7H2,1-2H3. The second kappa shape index (κ2) is 5.05.